The number of piperazine rings is 1. The van der Waals surface area contributed by atoms with Gasteiger partial charge in [-0.3, -0.25) is 14.5 Å². The molecule has 1 aromatic heterocycles. The zero-order valence-electron chi connectivity index (χ0n) is 26.8. The van der Waals surface area contributed by atoms with Crippen molar-refractivity contribution in [2.45, 2.75) is 64.6 Å². The van der Waals surface area contributed by atoms with Crippen LogP contribution in [0.1, 0.15) is 68.6 Å². The molecule has 2 amide bonds. The van der Waals surface area contributed by atoms with Gasteiger partial charge >= 0.3 is 0 Å². The summed E-state index contributed by atoms with van der Waals surface area (Å²) in [6.07, 6.45) is 5.64. The van der Waals surface area contributed by atoms with Crippen LogP contribution >= 0.6 is 0 Å². The van der Waals surface area contributed by atoms with Gasteiger partial charge in [-0.05, 0) is 42.2 Å². The molecule has 0 spiro atoms. The summed E-state index contributed by atoms with van der Waals surface area (Å²) in [5.41, 5.74) is 3.52. The van der Waals surface area contributed by atoms with Crippen LogP contribution in [-0.4, -0.2) is 77.2 Å². The topological polar surface area (TPSA) is 129 Å². The Balaban J connectivity index is 1.21. The van der Waals surface area contributed by atoms with E-state index in [2.05, 4.69) is 37.3 Å². The van der Waals surface area contributed by atoms with Crippen LogP contribution in [0.5, 0.6) is 0 Å². The van der Waals surface area contributed by atoms with E-state index < -0.39 is 6.29 Å². The number of aromatic nitrogens is 2. The highest BCUT2D eigenvalue weighted by molar-refractivity contribution is 5.90. The Bertz CT molecular complexity index is 1380. The van der Waals surface area contributed by atoms with Gasteiger partial charge < -0.3 is 30.1 Å². The lowest BCUT2D eigenvalue weighted by atomic mass is 9.90. The van der Waals surface area contributed by atoms with Gasteiger partial charge in [-0.2, -0.15) is 0 Å². The van der Waals surface area contributed by atoms with Crippen LogP contribution in [-0.2, 0) is 25.7 Å². The van der Waals surface area contributed by atoms with Gasteiger partial charge in [0.2, 0.25) is 17.8 Å². The van der Waals surface area contributed by atoms with Gasteiger partial charge in [0.1, 0.15) is 0 Å². The van der Waals surface area contributed by atoms with Gasteiger partial charge in [-0.15, -0.1) is 0 Å². The number of ether oxygens (including phenoxy) is 2. The van der Waals surface area contributed by atoms with Crippen LogP contribution in [0.25, 0.3) is 0 Å². The first-order chi connectivity index (χ1) is 22.4. The number of rotatable bonds is 13. The molecule has 2 saturated heterocycles. The third-order valence-corrected chi connectivity index (χ3v) is 8.69. The maximum Gasteiger partial charge on any atom is 0.225 e. The molecule has 3 aromatic rings. The van der Waals surface area contributed by atoms with Crippen molar-refractivity contribution in [2.24, 2.45) is 5.92 Å². The van der Waals surface area contributed by atoms with E-state index in [1.165, 1.54) is 6.92 Å². The van der Waals surface area contributed by atoms with E-state index in [9.17, 15) is 14.7 Å². The number of benzene rings is 2. The van der Waals surface area contributed by atoms with E-state index in [1.807, 2.05) is 54.6 Å². The van der Waals surface area contributed by atoms with Crippen LogP contribution in [0.3, 0.4) is 0 Å². The molecular weight excluding hydrogens is 584 g/mol. The molecule has 246 valence electrons. The zero-order valence-corrected chi connectivity index (χ0v) is 26.8. The Morgan fingerprint density at radius 2 is 1.61 bits per heavy atom. The van der Waals surface area contributed by atoms with Gasteiger partial charge in [-0.25, -0.2) is 9.97 Å². The Hall–Kier alpha value is -3.90. The third kappa shape index (κ3) is 9.32. The first kappa shape index (κ1) is 33.5. The Labute approximate surface area is 271 Å². The summed E-state index contributed by atoms with van der Waals surface area (Å²) in [5, 5.41) is 15.3. The molecule has 5 rings (SSSR count). The van der Waals surface area contributed by atoms with Gasteiger partial charge in [0.25, 0.3) is 0 Å². The molecule has 2 aromatic carbocycles. The highest BCUT2D eigenvalue weighted by Crippen LogP contribution is 2.42. The maximum atomic E-state index is 12.5. The van der Waals surface area contributed by atoms with E-state index in [4.69, 9.17) is 9.47 Å². The summed E-state index contributed by atoms with van der Waals surface area (Å²) >= 11 is 0. The summed E-state index contributed by atoms with van der Waals surface area (Å²) < 4.78 is 13.3. The minimum Gasteiger partial charge on any atom is -0.392 e. The van der Waals surface area contributed by atoms with Gasteiger partial charge in [-0.1, -0.05) is 49.7 Å². The molecule has 0 radical (unpaired) electrons. The molecule has 3 N–H and O–H groups in total. The van der Waals surface area contributed by atoms with Crippen molar-refractivity contribution in [3.05, 3.63) is 83.7 Å². The summed E-state index contributed by atoms with van der Waals surface area (Å²) in [7, 11) is 0. The van der Waals surface area contributed by atoms with Gasteiger partial charge in [0.15, 0.2) is 6.29 Å². The number of nitrogens with zero attached hydrogens (tertiary/aromatic N) is 4. The van der Waals surface area contributed by atoms with Gasteiger partial charge in [0.05, 0.1) is 18.8 Å². The molecule has 4 atom stereocenters. The number of unbranched alkanes of at least 4 members (excludes halogenated alkanes) is 2. The van der Waals surface area contributed by atoms with E-state index in [-0.39, 0.29) is 36.5 Å². The molecule has 11 heteroatoms. The predicted molar refractivity (Wildman–Crippen MR) is 176 cm³/mol. The summed E-state index contributed by atoms with van der Waals surface area (Å²) in [4.78, 5) is 36.9. The molecule has 0 saturated carbocycles. The van der Waals surface area contributed by atoms with Crippen molar-refractivity contribution in [1.82, 2.24) is 20.2 Å². The van der Waals surface area contributed by atoms with Crippen molar-refractivity contribution in [3.8, 4) is 0 Å². The summed E-state index contributed by atoms with van der Waals surface area (Å²) in [5.74, 6) is 0.791. The number of hydrogen-bond donors (Lipinski definition) is 3. The lowest BCUT2D eigenvalue weighted by molar-refractivity contribution is -0.276. The van der Waals surface area contributed by atoms with Crippen LogP contribution in [0.2, 0.25) is 0 Å². The zero-order chi connectivity index (χ0) is 32.3. The number of hydrogen-bond acceptors (Lipinski definition) is 9. The second kappa shape index (κ2) is 16.6. The molecule has 3 heterocycles. The average Bonchev–Trinajstić information content (AvgIpc) is 3.08. The molecule has 0 bridgehead atoms. The minimum absolute atomic E-state index is 0.00277. The monoisotopic (exact) mass is 630 g/mol. The highest BCUT2D eigenvalue weighted by atomic mass is 16.7. The number of nitrogens with one attached hydrogen (secondary N) is 2. The normalized spacial score (nSPS) is 21.9. The fourth-order valence-corrected chi connectivity index (χ4v) is 5.97. The van der Waals surface area contributed by atoms with Crippen LogP contribution in [0.15, 0.2) is 67.0 Å². The Morgan fingerprint density at radius 1 is 0.913 bits per heavy atom. The van der Waals surface area contributed by atoms with Crippen molar-refractivity contribution in [1.29, 1.82) is 0 Å². The molecular formula is C35H46N6O5. The fourth-order valence-electron chi connectivity index (χ4n) is 5.97. The van der Waals surface area contributed by atoms with Crippen molar-refractivity contribution in [3.63, 3.8) is 0 Å². The molecule has 2 aliphatic heterocycles. The van der Waals surface area contributed by atoms with Gasteiger partial charge in [0, 0.05) is 82.2 Å². The van der Waals surface area contributed by atoms with E-state index in [0.29, 0.717) is 13.0 Å². The van der Waals surface area contributed by atoms with Crippen molar-refractivity contribution < 1.29 is 24.2 Å². The van der Waals surface area contributed by atoms with Crippen LogP contribution < -0.4 is 15.5 Å². The van der Waals surface area contributed by atoms with Crippen molar-refractivity contribution >= 4 is 23.5 Å². The third-order valence-electron chi connectivity index (χ3n) is 8.69. The molecule has 46 heavy (non-hydrogen) atoms. The Morgan fingerprint density at radius 3 is 2.28 bits per heavy atom. The van der Waals surface area contributed by atoms with Crippen molar-refractivity contribution in [2.75, 3.05) is 49.5 Å². The SMILES string of the molecule is CC(=O)NCCCCCC(=O)Nc1ccc([C@@H]2O[C@H](CN3CCN(c4ncccn4)CC3)[C@H](C)[C@H](c3ccc(CO)cc3)O2)cc1. The quantitative estimate of drug-likeness (QED) is 0.238. The number of aliphatic hydroxyl groups excluding tert-OH is 1. The lowest BCUT2D eigenvalue weighted by Crippen LogP contribution is -2.51. The summed E-state index contributed by atoms with van der Waals surface area (Å²) in [6, 6.07) is 17.5. The number of aliphatic hydroxyl groups is 1. The first-order valence-electron chi connectivity index (χ1n) is 16.3. The highest BCUT2D eigenvalue weighted by Gasteiger charge is 2.39. The van der Waals surface area contributed by atoms with E-state index in [0.717, 1.165) is 80.3 Å². The number of carbonyl (C=O) groups excluding carboxylic acids is 2. The van der Waals surface area contributed by atoms with Crippen LogP contribution in [0, 0.1) is 5.92 Å². The molecule has 0 unspecified atom stereocenters. The standard InChI is InChI=1S/C35H46N6O5/c1-25-31(23-40-19-21-41(22-20-40)35-37-17-6-18-38-35)45-34(46-33(25)28-10-8-27(24-42)9-11-28)29-12-14-30(15-13-29)39-32(44)7-4-3-5-16-36-26(2)43/h6,8-15,17-18,25,31,33-34,42H,3-5,7,16,19-24H2,1-2H3,(H,36,43)(H,39,44)/t25-,31+,33+,34+/m0/s1. The molecule has 11 nitrogen and oxygen atoms in total. The number of anilines is 2. The lowest BCUT2D eigenvalue weighted by Gasteiger charge is -2.44. The number of amides is 2. The second-order valence-corrected chi connectivity index (χ2v) is 12.1. The Kier molecular flexibility index (Phi) is 12.1. The molecule has 2 aliphatic rings. The number of carbonyl (C=O) groups is 2. The van der Waals surface area contributed by atoms with E-state index in [1.54, 1.807) is 12.4 Å². The second-order valence-electron chi connectivity index (χ2n) is 12.1. The average molecular weight is 631 g/mol. The molecule has 0 aliphatic carbocycles. The van der Waals surface area contributed by atoms with Crippen LogP contribution in [0.4, 0.5) is 11.6 Å². The maximum absolute atomic E-state index is 12.5. The van der Waals surface area contributed by atoms with E-state index >= 15 is 0 Å². The molecule has 2 fully saturated rings. The first-order valence-corrected chi connectivity index (χ1v) is 16.3. The predicted octanol–water partition coefficient (Wildman–Crippen LogP) is 4.22. The summed E-state index contributed by atoms with van der Waals surface area (Å²) in [6.45, 7) is 8.56. The fraction of sp³-hybridized carbons (Fsp3) is 0.486. The minimum atomic E-state index is -0.573. The largest absolute Gasteiger partial charge is 0.392 e. The smallest absolute Gasteiger partial charge is 0.225 e.